The standard InChI is InChI=1S/C7H16BO6P/c1-11-15(10,12-2)14-5-3-7(8)13-6(5)4-9/h5-7,9H,3-4,8H2,1-2H3. The molecule has 3 unspecified atom stereocenters. The number of phosphoric ester groups is 1. The molecule has 1 rings (SSSR count). The third-order valence-corrected chi connectivity index (χ3v) is 3.70. The summed E-state index contributed by atoms with van der Waals surface area (Å²) in [6.07, 6.45) is -0.378. The zero-order valence-corrected chi connectivity index (χ0v) is 9.98. The largest absolute Gasteiger partial charge is 0.474 e. The molecule has 1 aliphatic heterocycles. The number of rotatable bonds is 5. The Bertz CT molecular complexity index is 242. The van der Waals surface area contributed by atoms with Gasteiger partial charge in [0, 0.05) is 20.2 Å². The fraction of sp³-hybridized carbons (Fsp3) is 1.00. The van der Waals surface area contributed by atoms with E-state index in [1.807, 2.05) is 7.85 Å². The topological polar surface area (TPSA) is 74.2 Å². The van der Waals surface area contributed by atoms with Crippen molar-refractivity contribution < 1.29 is 28.0 Å². The Balaban J connectivity index is 2.60. The summed E-state index contributed by atoms with van der Waals surface area (Å²) in [7, 11) is 0.854. The zero-order chi connectivity index (χ0) is 11.5. The van der Waals surface area contributed by atoms with Gasteiger partial charge < -0.3 is 9.84 Å². The molecule has 1 fully saturated rings. The van der Waals surface area contributed by atoms with E-state index in [1.54, 1.807) is 0 Å². The number of hydrogen-bond donors (Lipinski definition) is 1. The van der Waals surface area contributed by atoms with Crippen molar-refractivity contribution >= 4 is 15.7 Å². The van der Waals surface area contributed by atoms with Gasteiger partial charge in [0.25, 0.3) is 0 Å². The van der Waals surface area contributed by atoms with Crippen LogP contribution in [0.3, 0.4) is 0 Å². The molecule has 0 aromatic carbocycles. The molecule has 0 aromatic heterocycles. The summed E-state index contributed by atoms with van der Waals surface area (Å²) < 4.78 is 31.5. The minimum absolute atomic E-state index is 0.0330. The molecule has 1 saturated heterocycles. The average Bonchev–Trinajstić information content (AvgIpc) is 2.58. The first-order valence-electron chi connectivity index (χ1n) is 4.71. The van der Waals surface area contributed by atoms with Gasteiger partial charge in [0.15, 0.2) is 0 Å². The van der Waals surface area contributed by atoms with Crippen LogP contribution >= 0.6 is 7.82 Å². The number of phosphoric acid groups is 1. The first-order valence-corrected chi connectivity index (χ1v) is 6.17. The van der Waals surface area contributed by atoms with Gasteiger partial charge in [0.05, 0.1) is 12.7 Å². The Morgan fingerprint density at radius 1 is 1.53 bits per heavy atom. The van der Waals surface area contributed by atoms with Gasteiger partial charge in [-0.25, -0.2) is 4.57 Å². The van der Waals surface area contributed by atoms with Crippen molar-refractivity contribution in [1.82, 2.24) is 0 Å². The van der Waals surface area contributed by atoms with Crippen LogP contribution in [0, 0.1) is 0 Å². The van der Waals surface area contributed by atoms with E-state index in [-0.39, 0.29) is 12.6 Å². The highest BCUT2D eigenvalue weighted by atomic mass is 31.2. The third-order valence-electron chi connectivity index (χ3n) is 2.28. The second kappa shape index (κ2) is 5.43. The molecule has 0 aliphatic carbocycles. The van der Waals surface area contributed by atoms with Crippen LogP contribution in [0.15, 0.2) is 0 Å². The van der Waals surface area contributed by atoms with E-state index < -0.39 is 20.0 Å². The van der Waals surface area contributed by atoms with Crippen LogP contribution in [0.2, 0.25) is 0 Å². The van der Waals surface area contributed by atoms with Crippen LogP contribution < -0.4 is 0 Å². The molecule has 6 nitrogen and oxygen atoms in total. The zero-order valence-electron chi connectivity index (χ0n) is 9.08. The molecular formula is C7H16BO6P. The molecule has 0 spiro atoms. The fourth-order valence-corrected chi connectivity index (χ4v) is 2.39. The van der Waals surface area contributed by atoms with Crippen LogP contribution in [0.1, 0.15) is 6.42 Å². The summed E-state index contributed by atoms with van der Waals surface area (Å²) in [6.45, 7) is -0.178. The van der Waals surface area contributed by atoms with E-state index in [1.165, 1.54) is 14.2 Å². The van der Waals surface area contributed by atoms with Gasteiger partial charge in [-0.05, 0) is 6.42 Å². The third kappa shape index (κ3) is 3.27. The van der Waals surface area contributed by atoms with Gasteiger partial charge >= 0.3 is 7.82 Å². The lowest BCUT2D eigenvalue weighted by Crippen LogP contribution is -2.27. The Morgan fingerprint density at radius 2 is 2.13 bits per heavy atom. The highest BCUT2D eigenvalue weighted by Crippen LogP contribution is 2.50. The first-order chi connectivity index (χ1) is 7.04. The molecule has 0 radical (unpaired) electrons. The van der Waals surface area contributed by atoms with Crippen LogP contribution in [-0.4, -0.2) is 52.0 Å². The average molecular weight is 238 g/mol. The molecule has 88 valence electrons. The SMILES string of the molecule is BC1CC(OP(=O)(OC)OC)C(CO)O1. The van der Waals surface area contributed by atoms with Crippen molar-refractivity contribution in [1.29, 1.82) is 0 Å². The van der Waals surface area contributed by atoms with Crippen molar-refractivity contribution in [2.24, 2.45) is 0 Å². The Labute approximate surface area is 89.9 Å². The summed E-state index contributed by atoms with van der Waals surface area (Å²) in [4.78, 5) is 0. The Kier molecular flexibility index (Phi) is 4.77. The summed E-state index contributed by atoms with van der Waals surface area (Å²) in [5.41, 5.74) is 0. The van der Waals surface area contributed by atoms with E-state index in [2.05, 4.69) is 9.05 Å². The number of aliphatic hydroxyl groups is 1. The molecular weight excluding hydrogens is 222 g/mol. The minimum Gasteiger partial charge on any atom is -0.394 e. The smallest absolute Gasteiger partial charge is 0.394 e. The molecule has 1 N–H and O–H groups in total. The summed E-state index contributed by atoms with van der Waals surface area (Å²) in [6, 6.07) is -0.0330. The van der Waals surface area contributed by atoms with Crippen LogP contribution in [0.5, 0.6) is 0 Å². The normalized spacial score (nSPS) is 32.1. The maximum absolute atomic E-state index is 11.7. The van der Waals surface area contributed by atoms with Crippen molar-refractivity contribution in [2.45, 2.75) is 24.6 Å². The van der Waals surface area contributed by atoms with Crippen molar-refractivity contribution in [3.05, 3.63) is 0 Å². The lowest BCUT2D eigenvalue weighted by Gasteiger charge is -2.21. The lowest BCUT2D eigenvalue weighted by molar-refractivity contribution is -0.00764. The predicted molar refractivity (Wildman–Crippen MR) is 55.4 cm³/mol. The Hall–Kier alpha value is 0.0949. The second-order valence-corrected chi connectivity index (χ2v) is 5.20. The number of ether oxygens (including phenoxy) is 1. The van der Waals surface area contributed by atoms with Crippen molar-refractivity contribution in [3.8, 4) is 0 Å². The minimum atomic E-state index is -3.50. The summed E-state index contributed by atoms with van der Waals surface area (Å²) in [5, 5.41) is 9.02. The number of hydrogen-bond acceptors (Lipinski definition) is 6. The van der Waals surface area contributed by atoms with Crippen LogP contribution in [-0.2, 0) is 22.9 Å². The molecule has 1 aliphatic rings. The van der Waals surface area contributed by atoms with E-state index in [0.29, 0.717) is 6.42 Å². The Morgan fingerprint density at radius 3 is 2.60 bits per heavy atom. The summed E-state index contributed by atoms with van der Waals surface area (Å²) in [5.74, 6) is 0. The van der Waals surface area contributed by atoms with E-state index >= 15 is 0 Å². The van der Waals surface area contributed by atoms with Gasteiger partial charge in [-0.3, -0.25) is 13.6 Å². The van der Waals surface area contributed by atoms with Crippen molar-refractivity contribution in [3.63, 3.8) is 0 Å². The van der Waals surface area contributed by atoms with Gasteiger partial charge in [-0.15, -0.1) is 0 Å². The fourth-order valence-electron chi connectivity index (χ4n) is 1.52. The molecule has 0 saturated carbocycles. The second-order valence-electron chi connectivity index (χ2n) is 3.36. The highest BCUT2D eigenvalue weighted by Gasteiger charge is 2.39. The summed E-state index contributed by atoms with van der Waals surface area (Å²) >= 11 is 0. The molecule has 0 aromatic rings. The maximum atomic E-state index is 11.7. The van der Waals surface area contributed by atoms with Gasteiger partial charge in [0.1, 0.15) is 14.0 Å². The molecule has 15 heavy (non-hydrogen) atoms. The van der Waals surface area contributed by atoms with E-state index in [4.69, 9.17) is 14.4 Å². The van der Waals surface area contributed by atoms with E-state index in [0.717, 1.165) is 0 Å². The molecule has 0 amide bonds. The van der Waals surface area contributed by atoms with Crippen LogP contribution in [0.4, 0.5) is 0 Å². The predicted octanol–water partition coefficient (Wildman–Crippen LogP) is -0.487. The number of aliphatic hydroxyl groups excluding tert-OH is 1. The highest BCUT2D eigenvalue weighted by molar-refractivity contribution is 7.48. The molecule has 0 bridgehead atoms. The maximum Gasteiger partial charge on any atom is 0.474 e. The molecule has 3 atom stereocenters. The van der Waals surface area contributed by atoms with Crippen LogP contribution in [0.25, 0.3) is 0 Å². The van der Waals surface area contributed by atoms with Crippen molar-refractivity contribution in [2.75, 3.05) is 20.8 Å². The lowest BCUT2D eigenvalue weighted by atomic mass is 9.96. The monoisotopic (exact) mass is 238 g/mol. The first kappa shape index (κ1) is 13.2. The van der Waals surface area contributed by atoms with Gasteiger partial charge in [0.2, 0.25) is 0 Å². The van der Waals surface area contributed by atoms with E-state index in [9.17, 15) is 4.57 Å². The molecule has 1 heterocycles. The molecule has 8 heteroatoms. The van der Waals surface area contributed by atoms with Gasteiger partial charge in [-0.1, -0.05) is 0 Å². The quantitative estimate of drug-likeness (QED) is 0.514. The van der Waals surface area contributed by atoms with Gasteiger partial charge in [-0.2, -0.15) is 0 Å².